The first-order chi connectivity index (χ1) is 14.7. The molecular weight excluding hydrogens is 461 g/mol. The Kier molecular flexibility index (Phi) is 7.07. The van der Waals surface area contributed by atoms with Gasteiger partial charge in [-0.15, -0.1) is 0 Å². The first-order valence-electron chi connectivity index (χ1n) is 8.49. The lowest BCUT2D eigenvalue weighted by Crippen LogP contribution is -2.36. The molecule has 1 aromatic carbocycles. The molecule has 0 spiro atoms. The van der Waals surface area contributed by atoms with Gasteiger partial charge in [0.15, 0.2) is 6.61 Å². The van der Waals surface area contributed by atoms with Crippen molar-refractivity contribution in [2.24, 2.45) is 0 Å². The number of ether oxygens (including phenoxy) is 1. The van der Waals surface area contributed by atoms with Gasteiger partial charge in [0, 0.05) is 14.1 Å². The summed E-state index contributed by atoms with van der Waals surface area (Å²) in [6.07, 6.45) is -4.68. The van der Waals surface area contributed by atoms with Gasteiger partial charge < -0.3 is 14.7 Å². The molecule has 12 nitrogen and oxygen atoms in total. The summed E-state index contributed by atoms with van der Waals surface area (Å²) in [7, 11) is -1.76. The van der Waals surface area contributed by atoms with Crippen molar-refractivity contribution in [1.29, 1.82) is 0 Å². The van der Waals surface area contributed by atoms with Crippen LogP contribution in [-0.4, -0.2) is 67.4 Å². The summed E-state index contributed by atoms with van der Waals surface area (Å²) in [4.78, 5) is 35.1. The number of amides is 2. The molecule has 16 heteroatoms. The molecule has 1 aromatic heterocycles. The average molecular weight is 478 g/mol. The Morgan fingerprint density at radius 2 is 1.84 bits per heavy atom. The zero-order chi connectivity index (χ0) is 24.3. The molecule has 2 aromatic rings. The fraction of sp³-hybridized carbons (Fsp3) is 0.312. The van der Waals surface area contributed by atoms with Crippen LogP contribution in [0.3, 0.4) is 0 Å². The highest BCUT2D eigenvalue weighted by Gasteiger charge is 2.30. The van der Waals surface area contributed by atoms with Crippen LogP contribution in [0.25, 0.3) is 0 Å². The SMILES string of the molecule is Cc1cccc(C(=O)O)c1S(=O)(=O)NC(=O)Nc1nc(OCC(F)(F)F)nc(N(C)C)n1. The number of anilines is 2. The lowest BCUT2D eigenvalue weighted by atomic mass is 10.1. The fourth-order valence-electron chi connectivity index (χ4n) is 2.29. The molecule has 0 aliphatic rings. The van der Waals surface area contributed by atoms with Gasteiger partial charge >= 0.3 is 24.2 Å². The molecule has 1 heterocycles. The zero-order valence-electron chi connectivity index (χ0n) is 16.8. The molecule has 0 atom stereocenters. The smallest absolute Gasteiger partial charge is 0.422 e. The second-order valence-corrected chi connectivity index (χ2v) is 7.98. The number of aromatic carboxylic acids is 1. The summed E-state index contributed by atoms with van der Waals surface area (Å²) in [6, 6.07) is 1.53. The van der Waals surface area contributed by atoms with Gasteiger partial charge in [-0.05, 0) is 18.6 Å². The molecular formula is C16H17F3N6O6S. The van der Waals surface area contributed by atoms with Crippen molar-refractivity contribution in [3.05, 3.63) is 29.3 Å². The van der Waals surface area contributed by atoms with E-state index in [0.29, 0.717) is 0 Å². The van der Waals surface area contributed by atoms with E-state index in [4.69, 9.17) is 0 Å². The van der Waals surface area contributed by atoms with Crippen molar-refractivity contribution in [3.8, 4) is 6.01 Å². The molecule has 0 aliphatic heterocycles. The van der Waals surface area contributed by atoms with Gasteiger partial charge in [0.05, 0.1) is 5.56 Å². The predicted molar refractivity (Wildman–Crippen MR) is 103 cm³/mol. The number of hydrogen-bond acceptors (Lipinski definition) is 9. The van der Waals surface area contributed by atoms with E-state index in [1.165, 1.54) is 38.1 Å². The largest absolute Gasteiger partial charge is 0.478 e. The van der Waals surface area contributed by atoms with E-state index in [0.717, 1.165) is 6.07 Å². The standard InChI is InChI=1S/C16H17F3N6O6S/c1-8-5-4-6-9(11(26)27)10(8)32(29,30)24-14(28)21-12-20-13(25(2)3)23-15(22-12)31-7-16(17,18)19/h4-6H,7H2,1-3H3,(H,26,27)(H2,20,21,22,23,24,28). The highest BCUT2D eigenvalue weighted by atomic mass is 32.2. The van der Waals surface area contributed by atoms with Gasteiger partial charge in [-0.1, -0.05) is 12.1 Å². The minimum absolute atomic E-state index is 0.0584. The van der Waals surface area contributed by atoms with E-state index in [1.807, 2.05) is 5.32 Å². The number of rotatable bonds is 7. The number of nitrogens with zero attached hydrogens (tertiary/aromatic N) is 4. The maximum Gasteiger partial charge on any atom is 0.422 e. The Labute approximate surface area is 179 Å². The lowest BCUT2D eigenvalue weighted by Gasteiger charge is -2.15. The molecule has 0 aliphatic carbocycles. The van der Waals surface area contributed by atoms with Gasteiger partial charge in [0.25, 0.3) is 10.0 Å². The van der Waals surface area contributed by atoms with E-state index in [-0.39, 0.29) is 11.5 Å². The lowest BCUT2D eigenvalue weighted by molar-refractivity contribution is -0.154. The van der Waals surface area contributed by atoms with Gasteiger partial charge in [0.1, 0.15) is 4.90 Å². The number of urea groups is 1. The molecule has 32 heavy (non-hydrogen) atoms. The number of aryl methyl sites for hydroxylation is 1. The van der Waals surface area contributed by atoms with Crippen LogP contribution in [0.2, 0.25) is 0 Å². The average Bonchev–Trinajstić information content (AvgIpc) is 2.64. The molecule has 2 rings (SSSR count). The number of aromatic nitrogens is 3. The summed E-state index contributed by atoms with van der Waals surface area (Å²) >= 11 is 0. The topological polar surface area (TPSA) is 164 Å². The molecule has 0 saturated carbocycles. The molecule has 2 amide bonds. The second kappa shape index (κ2) is 9.21. The third kappa shape index (κ3) is 6.40. The number of carbonyl (C=O) groups excluding carboxylic acids is 1. The van der Waals surface area contributed by atoms with Crippen molar-refractivity contribution < 1.29 is 41.0 Å². The third-order valence-corrected chi connectivity index (χ3v) is 5.06. The van der Waals surface area contributed by atoms with Crippen molar-refractivity contribution in [3.63, 3.8) is 0 Å². The van der Waals surface area contributed by atoms with Crippen molar-refractivity contribution >= 4 is 33.9 Å². The number of hydrogen-bond donors (Lipinski definition) is 3. The highest BCUT2D eigenvalue weighted by molar-refractivity contribution is 7.90. The van der Waals surface area contributed by atoms with E-state index in [2.05, 4.69) is 19.7 Å². The van der Waals surface area contributed by atoms with Crippen LogP contribution in [0, 0.1) is 6.92 Å². The van der Waals surface area contributed by atoms with Crippen LogP contribution in [0.15, 0.2) is 23.1 Å². The summed E-state index contributed by atoms with van der Waals surface area (Å²) in [5, 5.41) is 11.2. The van der Waals surface area contributed by atoms with Gasteiger partial charge in [-0.25, -0.2) is 22.7 Å². The third-order valence-electron chi connectivity index (χ3n) is 3.53. The summed E-state index contributed by atoms with van der Waals surface area (Å²) < 4.78 is 68.4. The van der Waals surface area contributed by atoms with E-state index in [9.17, 15) is 36.3 Å². The van der Waals surface area contributed by atoms with E-state index < -0.39 is 57.2 Å². The minimum atomic E-state index is -4.68. The number of carboxylic acid groups (broad SMARTS) is 1. The number of carboxylic acids is 1. The Morgan fingerprint density at radius 3 is 2.41 bits per heavy atom. The monoisotopic (exact) mass is 478 g/mol. The molecule has 0 fully saturated rings. The minimum Gasteiger partial charge on any atom is -0.478 e. The fourth-order valence-corrected chi connectivity index (χ4v) is 3.62. The Hall–Kier alpha value is -3.69. The van der Waals surface area contributed by atoms with Crippen molar-refractivity contribution in [2.75, 3.05) is 30.9 Å². The normalized spacial score (nSPS) is 11.6. The van der Waals surface area contributed by atoms with Crippen LogP contribution < -0.4 is 19.7 Å². The molecule has 0 unspecified atom stereocenters. The van der Waals surface area contributed by atoms with Gasteiger partial charge in [0.2, 0.25) is 11.9 Å². The number of nitrogens with one attached hydrogen (secondary N) is 2. The van der Waals surface area contributed by atoms with Crippen molar-refractivity contribution in [2.45, 2.75) is 18.0 Å². The number of benzene rings is 1. The number of sulfonamides is 1. The molecule has 0 saturated heterocycles. The van der Waals surface area contributed by atoms with Crippen LogP contribution >= 0.6 is 0 Å². The molecule has 174 valence electrons. The van der Waals surface area contributed by atoms with Crippen LogP contribution in [0.1, 0.15) is 15.9 Å². The zero-order valence-corrected chi connectivity index (χ0v) is 17.6. The van der Waals surface area contributed by atoms with Crippen molar-refractivity contribution in [1.82, 2.24) is 19.7 Å². The Balaban J connectivity index is 2.29. The highest BCUT2D eigenvalue weighted by Crippen LogP contribution is 2.21. The Morgan fingerprint density at radius 1 is 1.19 bits per heavy atom. The molecule has 0 bridgehead atoms. The predicted octanol–water partition coefficient (Wildman–Crippen LogP) is 1.40. The first kappa shape index (κ1) is 24.6. The van der Waals surface area contributed by atoms with Crippen LogP contribution in [0.5, 0.6) is 6.01 Å². The first-order valence-corrected chi connectivity index (χ1v) is 9.97. The maximum atomic E-state index is 12.6. The summed E-state index contributed by atoms with van der Waals surface area (Å²) in [6.45, 7) is -0.381. The number of carbonyl (C=O) groups is 2. The molecule has 3 N–H and O–H groups in total. The van der Waals surface area contributed by atoms with E-state index >= 15 is 0 Å². The van der Waals surface area contributed by atoms with Crippen LogP contribution in [-0.2, 0) is 10.0 Å². The quantitative estimate of drug-likeness (QED) is 0.530. The summed E-state index contributed by atoms with van der Waals surface area (Å²) in [5.41, 5.74) is -0.508. The Bertz CT molecular complexity index is 1140. The van der Waals surface area contributed by atoms with E-state index in [1.54, 1.807) is 4.72 Å². The number of alkyl halides is 3. The second-order valence-electron chi connectivity index (χ2n) is 6.36. The maximum absolute atomic E-state index is 12.6. The van der Waals surface area contributed by atoms with Crippen LogP contribution in [0.4, 0.5) is 29.9 Å². The van der Waals surface area contributed by atoms with Gasteiger partial charge in [-0.2, -0.15) is 28.1 Å². The van der Waals surface area contributed by atoms with Gasteiger partial charge in [-0.3, -0.25) is 5.32 Å². The number of halogens is 3. The summed E-state index contributed by atoms with van der Waals surface area (Å²) in [5.74, 6) is -2.34. The molecule has 0 radical (unpaired) electrons.